The first kappa shape index (κ1) is 11.9. The molecule has 1 aromatic carbocycles. The van der Waals surface area contributed by atoms with Crippen molar-refractivity contribution in [3.8, 4) is 5.75 Å². The van der Waals surface area contributed by atoms with E-state index in [9.17, 15) is 4.79 Å². The number of benzene rings is 1. The Morgan fingerprint density at radius 2 is 2.27 bits per heavy atom. The van der Waals surface area contributed by atoms with Crippen molar-refractivity contribution < 1.29 is 14.6 Å². The Morgan fingerprint density at radius 3 is 2.73 bits per heavy atom. The quantitative estimate of drug-likeness (QED) is 0.775. The van der Waals surface area contributed by atoms with Crippen LogP contribution in [0, 0.1) is 6.92 Å². The van der Waals surface area contributed by atoms with Gasteiger partial charge in [0.25, 0.3) is 0 Å². The first-order chi connectivity index (χ1) is 7.04. The fourth-order valence-electron chi connectivity index (χ4n) is 1.23. The SMILES string of the molecule is CCC(Oc1ccc(S)cc1C)C(=O)O. The molecule has 0 heterocycles. The van der Waals surface area contributed by atoms with Crippen LogP contribution in [0.3, 0.4) is 0 Å². The van der Waals surface area contributed by atoms with Crippen molar-refractivity contribution in [1.29, 1.82) is 0 Å². The predicted molar refractivity (Wildman–Crippen MR) is 60.8 cm³/mol. The van der Waals surface area contributed by atoms with Crippen molar-refractivity contribution in [2.75, 3.05) is 0 Å². The van der Waals surface area contributed by atoms with Gasteiger partial charge in [0, 0.05) is 4.90 Å². The van der Waals surface area contributed by atoms with Gasteiger partial charge in [0.2, 0.25) is 0 Å². The van der Waals surface area contributed by atoms with Gasteiger partial charge in [-0.25, -0.2) is 4.79 Å². The van der Waals surface area contributed by atoms with Crippen molar-refractivity contribution in [1.82, 2.24) is 0 Å². The number of hydrogen-bond acceptors (Lipinski definition) is 3. The van der Waals surface area contributed by atoms with E-state index in [1.54, 1.807) is 19.1 Å². The van der Waals surface area contributed by atoms with Gasteiger partial charge in [0.15, 0.2) is 6.10 Å². The second-order valence-electron chi connectivity index (χ2n) is 3.30. The third-order valence-corrected chi connectivity index (χ3v) is 2.35. The van der Waals surface area contributed by atoms with Crippen LogP contribution in [-0.4, -0.2) is 17.2 Å². The maximum Gasteiger partial charge on any atom is 0.344 e. The van der Waals surface area contributed by atoms with Crippen LogP contribution in [0.25, 0.3) is 0 Å². The average Bonchev–Trinajstić information content (AvgIpc) is 2.16. The van der Waals surface area contributed by atoms with E-state index in [1.807, 2.05) is 13.0 Å². The molecule has 0 spiro atoms. The number of thiol groups is 1. The second kappa shape index (κ2) is 5.07. The molecule has 0 aliphatic rings. The van der Waals surface area contributed by atoms with Crippen molar-refractivity contribution in [2.24, 2.45) is 0 Å². The Hall–Kier alpha value is -1.16. The Balaban J connectivity index is 2.84. The summed E-state index contributed by atoms with van der Waals surface area (Å²) in [5.41, 5.74) is 0.891. The zero-order valence-corrected chi connectivity index (χ0v) is 9.62. The number of carbonyl (C=O) groups is 1. The fraction of sp³-hybridized carbons (Fsp3) is 0.364. The summed E-state index contributed by atoms with van der Waals surface area (Å²) in [6.45, 7) is 3.64. The van der Waals surface area contributed by atoms with Crippen molar-refractivity contribution >= 4 is 18.6 Å². The van der Waals surface area contributed by atoms with E-state index >= 15 is 0 Å². The van der Waals surface area contributed by atoms with E-state index < -0.39 is 12.1 Å². The number of carboxylic acid groups (broad SMARTS) is 1. The highest BCUT2D eigenvalue weighted by Crippen LogP contribution is 2.22. The Kier molecular flexibility index (Phi) is 4.03. The third-order valence-electron chi connectivity index (χ3n) is 2.07. The third kappa shape index (κ3) is 3.16. The standard InChI is InChI=1S/C11H14O3S/c1-3-9(11(12)13)14-10-5-4-8(15)6-7(10)2/h4-6,9,15H,3H2,1-2H3,(H,12,13). The van der Waals surface area contributed by atoms with Crippen molar-refractivity contribution in [2.45, 2.75) is 31.3 Å². The average molecular weight is 226 g/mol. The summed E-state index contributed by atoms with van der Waals surface area (Å²) in [5.74, 6) is -0.339. The number of hydrogen-bond donors (Lipinski definition) is 2. The maximum absolute atomic E-state index is 10.8. The molecule has 1 aromatic rings. The van der Waals surface area contributed by atoms with E-state index in [2.05, 4.69) is 12.6 Å². The largest absolute Gasteiger partial charge is 0.479 e. The minimum Gasteiger partial charge on any atom is -0.479 e. The molecule has 0 aliphatic carbocycles. The van der Waals surface area contributed by atoms with Gasteiger partial charge < -0.3 is 9.84 Å². The summed E-state index contributed by atoms with van der Waals surface area (Å²) in [6.07, 6.45) is -0.341. The molecule has 1 unspecified atom stereocenters. The normalized spacial score (nSPS) is 12.2. The maximum atomic E-state index is 10.8. The molecule has 0 saturated carbocycles. The van der Waals surface area contributed by atoms with E-state index in [4.69, 9.17) is 9.84 Å². The lowest BCUT2D eigenvalue weighted by atomic mass is 10.2. The van der Waals surface area contributed by atoms with Gasteiger partial charge in [-0.2, -0.15) is 0 Å². The molecule has 82 valence electrons. The fourth-order valence-corrected chi connectivity index (χ4v) is 1.50. The lowest BCUT2D eigenvalue weighted by Gasteiger charge is -2.15. The molecule has 3 nitrogen and oxygen atoms in total. The molecule has 0 aromatic heterocycles. The number of aryl methyl sites for hydroxylation is 1. The summed E-state index contributed by atoms with van der Waals surface area (Å²) in [7, 11) is 0. The molecule has 1 atom stereocenters. The second-order valence-corrected chi connectivity index (χ2v) is 3.82. The van der Waals surface area contributed by atoms with Gasteiger partial charge in [0.05, 0.1) is 0 Å². The molecule has 15 heavy (non-hydrogen) atoms. The highest BCUT2D eigenvalue weighted by atomic mass is 32.1. The van der Waals surface area contributed by atoms with Crippen LogP contribution < -0.4 is 4.74 Å². The molecule has 4 heteroatoms. The van der Waals surface area contributed by atoms with E-state index in [0.29, 0.717) is 12.2 Å². The molecule has 0 aliphatic heterocycles. The van der Waals surface area contributed by atoms with Crippen LogP contribution in [-0.2, 0) is 4.79 Å². The topological polar surface area (TPSA) is 46.5 Å². The van der Waals surface area contributed by atoms with Crippen LogP contribution in [0.15, 0.2) is 23.1 Å². The van der Waals surface area contributed by atoms with Gasteiger partial charge in [-0.1, -0.05) is 6.92 Å². The lowest BCUT2D eigenvalue weighted by molar-refractivity contribution is -0.145. The summed E-state index contributed by atoms with van der Waals surface area (Å²) in [6, 6.07) is 5.36. The first-order valence-corrected chi connectivity index (χ1v) is 5.18. The Bertz CT molecular complexity index is 363. The molecule has 1 rings (SSSR count). The van der Waals surface area contributed by atoms with E-state index in [0.717, 1.165) is 10.5 Å². The zero-order chi connectivity index (χ0) is 11.4. The predicted octanol–water partition coefficient (Wildman–Crippen LogP) is 2.53. The molecule has 0 saturated heterocycles. The Morgan fingerprint density at radius 1 is 1.60 bits per heavy atom. The number of carboxylic acids is 1. The molecular formula is C11H14O3S. The molecular weight excluding hydrogens is 212 g/mol. The number of ether oxygens (including phenoxy) is 1. The molecule has 0 radical (unpaired) electrons. The number of rotatable bonds is 4. The van der Waals surface area contributed by atoms with Crippen LogP contribution >= 0.6 is 12.6 Å². The summed E-state index contributed by atoms with van der Waals surface area (Å²) < 4.78 is 5.38. The highest BCUT2D eigenvalue weighted by molar-refractivity contribution is 7.80. The van der Waals surface area contributed by atoms with Crippen molar-refractivity contribution in [3.63, 3.8) is 0 Å². The van der Waals surface area contributed by atoms with E-state index in [1.165, 1.54) is 0 Å². The van der Waals surface area contributed by atoms with Gasteiger partial charge in [-0.05, 0) is 37.1 Å². The summed E-state index contributed by atoms with van der Waals surface area (Å²) >= 11 is 4.18. The van der Waals surface area contributed by atoms with Crippen molar-refractivity contribution in [3.05, 3.63) is 23.8 Å². The van der Waals surface area contributed by atoms with Crippen LogP contribution in [0.4, 0.5) is 0 Å². The van der Waals surface area contributed by atoms with Gasteiger partial charge in [-0.15, -0.1) is 12.6 Å². The van der Waals surface area contributed by atoms with Gasteiger partial charge in [0.1, 0.15) is 5.75 Å². The van der Waals surface area contributed by atoms with Crippen LogP contribution in [0.1, 0.15) is 18.9 Å². The smallest absolute Gasteiger partial charge is 0.344 e. The molecule has 0 bridgehead atoms. The van der Waals surface area contributed by atoms with Crippen LogP contribution in [0.5, 0.6) is 5.75 Å². The summed E-state index contributed by atoms with van der Waals surface area (Å²) in [5, 5.41) is 8.84. The summed E-state index contributed by atoms with van der Waals surface area (Å²) in [4.78, 5) is 11.6. The monoisotopic (exact) mass is 226 g/mol. The van der Waals surface area contributed by atoms with Gasteiger partial charge >= 0.3 is 5.97 Å². The molecule has 0 amide bonds. The highest BCUT2D eigenvalue weighted by Gasteiger charge is 2.17. The van der Waals surface area contributed by atoms with Crippen LogP contribution in [0.2, 0.25) is 0 Å². The lowest BCUT2D eigenvalue weighted by Crippen LogP contribution is -2.26. The molecule has 1 N–H and O–H groups in total. The number of aliphatic carboxylic acids is 1. The minimum atomic E-state index is -0.938. The first-order valence-electron chi connectivity index (χ1n) is 4.73. The minimum absolute atomic E-state index is 0.442. The van der Waals surface area contributed by atoms with E-state index in [-0.39, 0.29) is 0 Å². The van der Waals surface area contributed by atoms with Gasteiger partial charge in [-0.3, -0.25) is 0 Å². The molecule has 0 fully saturated rings. The Labute approximate surface area is 94.5 Å². The zero-order valence-electron chi connectivity index (χ0n) is 8.73.